The van der Waals surface area contributed by atoms with Crippen LogP contribution in [-0.4, -0.2) is 33.3 Å². The first-order chi connectivity index (χ1) is 11.0. The molecular formula is C17H25N5O. The molecule has 0 spiro atoms. The van der Waals surface area contributed by atoms with E-state index in [1.54, 1.807) is 6.20 Å². The van der Waals surface area contributed by atoms with Crippen molar-refractivity contribution in [3.63, 3.8) is 0 Å². The van der Waals surface area contributed by atoms with Gasteiger partial charge in [-0.1, -0.05) is 6.42 Å². The summed E-state index contributed by atoms with van der Waals surface area (Å²) in [6, 6.07) is 2.31. The highest BCUT2D eigenvalue weighted by Crippen LogP contribution is 2.25. The maximum Gasteiger partial charge on any atom is 0.253 e. The predicted octanol–water partition coefficient (Wildman–Crippen LogP) is 2.18. The summed E-state index contributed by atoms with van der Waals surface area (Å²) >= 11 is 0. The predicted molar refractivity (Wildman–Crippen MR) is 90.3 cm³/mol. The highest BCUT2D eigenvalue weighted by Gasteiger charge is 2.28. The Kier molecular flexibility index (Phi) is 4.35. The lowest BCUT2D eigenvalue weighted by atomic mass is 10.0. The second kappa shape index (κ2) is 6.28. The summed E-state index contributed by atoms with van der Waals surface area (Å²) in [5.74, 6) is 0.333. The highest BCUT2D eigenvalue weighted by molar-refractivity contribution is 5.98. The molecule has 1 fully saturated rings. The van der Waals surface area contributed by atoms with Crippen LogP contribution in [0.15, 0.2) is 12.3 Å². The van der Waals surface area contributed by atoms with Gasteiger partial charge >= 0.3 is 0 Å². The Hall–Kier alpha value is -1.95. The van der Waals surface area contributed by atoms with Crippen LogP contribution in [0.3, 0.4) is 0 Å². The van der Waals surface area contributed by atoms with E-state index >= 15 is 0 Å². The number of aryl methyl sites for hydroxylation is 1. The Labute approximate surface area is 136 Å². The van der Waals surface area contributed by atoms with Crippen LogP contribution in [0.1, 0.15) is 55.2 Å². The first-order valence-electron chi connectivity index (χ1n) is 8.37. The van der Waals surface area contributed by atoms with Gasteiger partial charge in [0.15, 0.2) is 5.65 Å². The zero-order valence-electron chi connectivity index (χ0n) is 14.0. The van der Waals surface area contributed by atoms with Gasteiger partial charge in [0.05, 0.1) is 17.5 Å². The molecule has 1 aliphatic carbocycles. The molecule has 1 aliphatic rings. The number of hydrogen-bond acceptors (Lipinski definition) is 4. The van der Waals surface area contributed by atoms with E-state index in [0.29, 0.717) is 18.0 Å². The van der Waals surface area contributed by atoms with E-state index in [4.69, 9.17) is 5.73 Å². The van der Waals surface area contributed by atoms with Crippen LogP contribution in [0, 0.1) is 12.8 Å². The lowest BCUT2D eigenvalue weighted by Gasteiger charge is -2.20. The Bertz CT molecular complexity index is 721. The smallest absolute Gasteiger partial charge is 0.253 e. The minimum atomic E-state index is -0.0560. The van der Waals surface area contributed by atoms with Crippen molar-refractivity contribution in [3.05, 3.63) is 23.5 Å². The summed E-state index contributed by atoms with van der Waals surface area (Å²) in [4.78, 5) is 17.3. The number of carbonyl (C=O) groups is 1. The molecule has 6 heteroatoms. The Balaban J connectivity index is 1.87. The minimum absolute atomic E-state index is 0.0560. The van der Waals surface area contributed by atoms with Crippen molar-refractivity contribution in [1.82, 2.24) is 20.1 Å². The number of hydrogen-bond donors (Lipinski definition) is 2. The minimum Gasteiger partial charge on any atom is -0.349 e. The van der Waals surface area contributed by atoms with Crippen molar-refractivity contribution in [2.45, 2.75) is 52.1 Å². The van der Waals surface area contributed by atoms with Crippen molar-refractivity contribution < 1.29 is 4.79 Å². The molecule has 124 valence electrons. The van der Waals surface area contributed by atoms with Crippen LogP contribution in [-0.2, 0) is 0 Å². The lowest BCUT2D eigenvalue weighted by molar-refractivity contribution is 0.0928. The van der Waals surface area contributed by atoms with Gasteiger partial charge in [-0.15, -0.1) is 0 Å². The molecule has 1 saturated carbocycles. The maximum absolute atomic E-state index is 12.6. The molecule has 0 radical (unpaired) electrons. The lowest BCUT2D eigenvalue weighted by Crippen LogP contribution is -2.40. The molecule has 23 heavy (non-hydrogen) atoms. The zero-order valence-corrected chi connectivity index (χ0v) is 14.0. The SMILES string of the molecule is Cc1nc2c(cnn2C(C)C)cc1C(=O)NC1CCCC1CN. The average molecular weight is 315 g/mol. The molecule has 2 unspecified atom stereocenters. The molecule has 0 saturated heterocycles. The number of nitrogens with one attached hydrogen (secondary N) is 1. The van der Waals surface area contributed by atoms with Crippen molar-refractivity contribution in [3.8, 4) is 0 Å². The van der Waals surface area contributed by atoms with Gasteiger partial charge in [0.2, 0.25) is 0 Å². The molecule has 1 amide bonds. The third-order valence-corrected chi connectivity index (χ3v) is 4.77. The number of carbonyl (C=O) groups excluding carboxylic acids is 1. The highest BCUT2D eigenvalue weighted by atomic mass is 16.1. The van der Waals surface area contributed by atoms with E-state index in [1.807, 2.05) is 17.7 Å². The fourth-order valence-corrected chi connectivity index (χ4v) is 3.43. The number of nitrogens with zero attached hydrogens (tertiary/aromatic N) is 3. The van der Waals surface area contributed by atoms with E-state index in [9.17, 15) is 4.79 Å². The first-order valence-corrected chi connectivity index (χ1v) is 8.37. The molecule has 0 aliphatic heterocycles. The zero-order chi connectivity index (χ0) is 16.6. The first kappa shape index (κ1) is 15.9. The summed E-state index contributed by atoms with van der Waals surface area (Å²) < 4.78 is 1.88. The number of amides is 1. The van der Waals surface area contributed by atoms with E-state index in [-0.39, 0.29) is 18.0 Å². The number of nitrogens with two attached hydrogens (primary N) is 1. The van der Waals surface area contributed by atoms with Crippen molar-refractivity contribution in [2.24, 2.45) is 11.7 Å². The van der Waals surface area contributed by atoms with E-state index in [0.717, 1.165) is 36.0 Å². The molecular weight excluding hydrogens is 290 g/mol. The summed E-state index contributed by atoms with van der Waals surface area (Å²) in [7, 11) is 0. The fraction of sp³-hybridized carbons (Fsp3) is 0.588. The molecule has 3 N–H and O–H groups in total. The molecule has 2 atom stereocenters. The molecule has 0 bridgehead atoms. The van der Waals surface area contributed by atoms with Gasteiger partial charge in [0.1, 0.15) is 0 Å². The van der Waals surface area contributed by atoms with E-state index < -0.39 is 0 Å². The van der Waals surface area contributed by atoms with Crippen LogP contribution in [0.2, 0.25) is 0 Å². The second-order valence-corrected chi connectivity index (χ2v) is 6.72. The number of rotatable bonds is 4. The molecule has 6 nitrogen and oxygen atoms in total. The topological polar surface area (TPSA) is 85.8 Å². The summed E-state index contributed by atoms with van der Waals surface area (Å²) in [6.07, 6.45) is 5.01. The monoisotopic (exact) mass is 315 g/mol. The van der Waals surface area contributed by atoms with Crippen LogP contribution in [0.5, 0.6) is 0 Å². The maximum atomic E-state index is 12.6. The molecule has 2 aromatic rings. The Morgan fingerprint density at radius 2 is 2.26 bits per heavy atom. The Morgan fingerprint density at radius 3 is 2.96 bits per heavy atom. The van der Waals surface area contributed by atoms with Gasteiger partial charge < -0.3 is 11.1 Å². The average Bonchev–Trinajstić information content (AvgIpc) is 3.12. The standard InChI is InChI=1S/C17H25N5O/c1-10(2)22-16-13(9-19-22)7-14(11(3)20-16)17(23)21-15-6-4-5-12(15)8-18/h7,9-10,12,15H,4-6,8,18H2,1-3H3,(H,21,23). The van der Waals surface area contributed by atoms with Crippen LogP contribution >= 0.6 is 0 Å². The van der Waals surface area contributed by atoms with Gasteiger partial charge in [-0.3, -0.25) is 4.79 Å². The quantitative estimate of drug-likeness (QED) is 0.905. The summed E-state index contributed by atoms with van der Waals surface area (Å²) in [6.45, 7) is 6.64. The van der Waals surface area contributed by atoms with Crippen LogP contribution in [0.25, 0.3) is 11.0 Å². The van der Waals surface area contributed by atoms with Crippen molar-refractivity contribution in [2.75, 3.05) is 6.54 Å². The third kappa shape index (κ3) is 2.95. The van der Waals surface area contributed by atoms with Gasteiger partial charge in [-0.05, 0) is 52.1 Å². The number of fused-ring (bicyclic) bond motifs is 1. The second-order valence-electron chi connectivity index (χ2n) is 6.72. The fourth-order valence-electron chi connectivity index (χ4n) is 3.43. The van der Waals surface area contributed by atoms with Gasteiger partial charge in [0, 0.05) is 17.5 Å². The number of aromatic nitrogens is 3. The van der Waals surface area contributed by atoms with Gasteiger partial charge in [-0.25, -0.2) is 9.67 Å². The Morgan fingerprint density at radius 1 is 1.48 bits per heavy atom. The van der Waals surface area contributed by atoms with Gasteiger partial charge in [0.25, 0.3) is 5.91 Å². The largest absolute Gasteiger partial charge is 0.349 e. The summed E-state index contributed by atoms with van der Waals surface area (Å²) in [5.41, 5.74) is 7.99. The molecule has 3 rings (SSSR count). The van der Waals surface area contributed by atoms with Crippen LogP contribution in [0.4, 0.5) is 0 Å². The number of pyridine rings is 1. The van der Waals surface area contributed by atoms with E-state index in [1.165, 1.54) is 0 Å². The molecule has 2 heterocycles. The molecule has 2 aromatic heterocycles. The third-order valence-electron chi connectivity index (χ3n) is 4.77. The molecule has 0 aromatic carbocycles. The van der Waals surface area contributed by atoms with E-state index in [2.05, 4.69) is 29.2 Å². The van der Waals surface area contributed by atoms with Crippen molar-refractivity contribution in [1.29, 1.82) is 0 Å². The van der Waals surface area contributed by atoms with Crippen LogP contribution < -0.4 is 11.1 Å². The summed E-state index contributed by atoms with van der Waals surface area (Å²) in [5, 5.41) is 8.42. The van der Waals surface area contributed by atoms with Crippen molar-refractivity contribution >= 4 is 16.9 Å². The van der Waals surface area contributed by atoms with Gasteiger partial charge in [-0.2, -0.15) is 5.10 Å². The normalized spacial score (nSPS) is 21.3.